The van der Waals surface area contributed by atoms with E-state index >= 15 is 0 Å². The van der Waals surface area contributed by atoms with Crippen molar-refractivity contribution in [1.29, 1.82) is 0 Å². The van der Waals surface area contributed by atoms with E-state index in [1.165, 1.54) is 21.3 Å². The predicted octanol–water partition coefficient (Wildman–Crippen LogP) is 6.98. The van der Waals surface area contributed by atoms with Gasteiger partial charge in [0.15, 0.2) is 0 Å². The summed E-state index contributed by atoms with van der Waals surface area (Å²) in [7, 11) is 3.97. The molecule has 1 fully saturated rings. The minimum atomic E-state index is -0.958. The van der Waals surface area contributed by atoms with Crippen molar-refractivity contribution in [2.45, 2.75) is 57.0 Å². The highest BCUT2D eigenvalue weighted by atomic mass is 16.5. The van der Waals surface area contributed by atoms with Crippen LogP contribution in [0.5, 0.6) is 0 Å². The van der Waals surface area contributed by atoms with E-state index in [1.807, 2.05) is 36.4 Å². The predicted molar refractivity (Wildman–Crippen MR) is 225 cm³/mol. The number of aromatic amines is 2. The van der Waals surface area contributed by atoms with Crippen LogP contribution in [-0.2, 0) is 23.8 Å². The summed E-state index contributed by atoms with van der Waals surface area (Å²) in [6.07, 6.45) is 3.09. The smallest absolute Gasteiger partial charge is 0.407 e. The molecule has 1 aliphatic heterocycles. The van der Waals surface area contributed by atoms with Gasteiger partial charge in [0.05, 0.1) is 56.2 Å². The van der Waals surface area contributed by atoms with Crippen LogP contribution in [0.15, 0.2) is 103 Å². The quantitative estimate of drug-likeness (QED) is 0.0818. The third-order valence-corrected chi connectivity index (χ3v) is 10.9. The monoisotopic (exact) mass is 812 g/mol. The minimum absolute atomic E-state index is 0.217. The van der Waals surface area contributed by atoms with Crippen LogP contribution in [0.25, 0.3) is 44.4 Å². The van der Waals surface area contributed by atoms with Crippen LogP contribution in [0.3, 0.4) is 0 Å². The molecule has 6 aromatic rings. The molecule has 4 amide bonds. The molecule has 2 aromatic heterocycles. The number of rotatable bonds is 13. The van der Waals surface area contributed by atoms with Crippen LogP contribution in [0.2, 0.25) is 0 Å². The normalized spacial score (nSPS) is 15.8. The number of benzene rings is 4. The zero-order valence-electron chi connectivity index (χ0n) is 34.0. The SMILES string of the molecule is COC(=O)NC(C(=O)N1CCCC1c1ncc(-c2ccc(-c3ccc4cc(-c5cnc(C(C)NC(=O)C(NC(=O)OC)C(C)OC)[nH]5)ccc4c3)cc2)[nH]1)c1ccccc1. The minimum Gasteiger partial charge on any atom is -0.453 e. The molecule has 0 radical (unpaired) electrons. The van der Waals surface area contributed by atoms with Crippen molar-refractivity contribution < 1.29 is 33.4 Å². The van der Waals surface area contributed by atoms with Gasteiger partial charge in [0.1, 0.15) is 23.7 Å². The number of aromatic nitrogens is 4. The highest BCUT2D eigenvalue weighted by Crippen LogP contribution is 2.35. The Balaban J connectivity index is 1.01. The number of methoxy groups -OCH3 is 3. The molecule has 0 aliphatic carbocycles. The maximum atomic E-state index is 13.9. The Morgan fingerprint density at radius 3 is 2.03 bits per heavy atom. The molecular formula is C45H48N8O7. The summed E-state index contributed by atoms with van der Waals surface area (Å²) in [5.74, 6) is 0.606. The van der Waals surface area contributed by atoms with Gasteiger partial charge in [0.25, 0.3) is 5.91 Å². The van der Waals surface area contributed by atoms with Crippen LogP contribution in [-0.4, -0.2) is 88.9 Å². The molecule has 7 rings (SSSR count). The molecule has 0 spiro atoms. The van der Waals surface area contributed by atoms with Gasteiger partial charge in [-0.05, 0) is 71.8 Å². The summed E-state index contributed by atoms with van der Waals surface area (Å²) in [4.78, 5) is 68.8. The molecule has 5 N–H and O–H groups in total. The van der Waals surface area contributed by atoms with Gasteiger partial charge < -0.3 is 45.0 Å². The van der Waals surface area contributed by atoms with Crippen molar-refractivity contribution in [2.24, 2.45) is 0 Å². The second-order valence-corrected chi connectivity index (χ2v) is 14.7. The molecule has 3 heterocycles. The molecule has 5 atom stereocenters. The Morgan fingerprint density at radius 2 is 1.33 bits per heavy atom. The number of H-pyrrole nitrogens is 2. The lowest BCUT2D eigenvalue weighted by Gasteiger charge is -2.28. The average molecular weight is 813 g/mol. The average Bonchev–Trinajstić information content (AvgIpc) is 4.09. The fourth-order valence-electron chi connectivity index (χ4n) is 7.47. The Hall–Kier alpha value is -7.00. The number of imidazole rings is 2. The first-order valence-corrected chi connectivity index (χ1v) is 19.7. The van der Waals surface area contributed by atoms with Crippen molar-refractivity contribution in [3.63, 3.8) is 0 Å². The summed E-state index contributed by atoms with van der Waals surface area (Å²) in [6, 6.07) is 27.4. The first kappa shape index (κ1) is 41.2. The Labute approximate surface area is 347 Å². The first-order valence-electron chi connectivity index (χ1n) is 19.7. The highest BCUT2D eigenvalue weighted by molar-refractivity contribution is 5.91. The van der Waals surface area contributed by atoms with Crippen molar-refractivity contribution >= 4 is 34.8 Å². The van der Waals surface area contributed by atoms with E-state index in [0.717, 1.165) is 57.3 Å². The van der Waals surface area contributed by atoms with Gasteiger partial charge >= 0.3 is 12.2 Å². The lowest BCUT2D eigenvalue weighted by Crippen LogP contribution is -2.53. The number of hydrogen-bond acceptors (Lipinski definition) is 9. The standard InChI is InChI=1S/C45H48N8O7/c1-26(48-42(54)38(27(2)58-3)51-44(56)59-4)40-46-25-36(49-40)34-20-19-32-22-31(17-18-33(32)23-34)28-13-15-29(16-14-28)35-24-47-41(50-35)37-12-9-21-53(37)43(55)39(52-45(57)60-5)30-10-7-6-8-11-30/h6-8,10-11,13-20,22-27,37-39H,9,12,21H2,1-5H3,(H,46,49)(H,47,50)(H,48,54)(H,51,56)(H,52,57). The van der Waals surface area contributed by atoms with Crippen LogP contribution in [0.1, 0.15) is 62.0 Å². The third-order valence-electron chi connectivity index (χ3n) is 10.9. The third kappa shape index (κ3) is 9.00. The number of ether oxygens (including phenoxy) is 3. The Bertz CT molecular complexity index is 2470. The lowest BCUT2D eigenvalue weighted by molar-refractivity contribution is -0.134. The van der Waals surface area contributed by atoms with E-state index in [4.69, 9.17) is 14.5 Å². The zero-order chi connectivity index (χ0) is 42.3. The number of amides is 4. The summed E-state index contributed by atoms with van der Waals surface area (Å²) >= 11 is 0. The molecule has 60 heavy (non-hydrogen) atoms. The highest BCUT2D eigenvalue weighted by Gasteiger charge is 2.37. The molecule has 0 bridgehead atoms. The summed E-state index contributed by atoms with van der Waals surface area (Å²) in [5.41, 5.74) is 6.33. The summed E-state index contributed by atoms with van der Waals surface area (Å²) in [5, 5.41) is 10.2. The Kier molecular flexibility index (Phi) is 12.5. The molecule has 1 saturated heterocycles. The van der Waals surface area contributed by atoms with Gasteiger partial charge in [-0.2, -0.15) is 0 Å². The molecule has 0 saturated carbocycles. The summed E-state index contributed by atoms with van der Waals surface area (Å²) < 4.78 is 14.8. The number of likely N-dealkylation sites (tertiary alicyclic amines) is 1. The maximum Gasteiger partial charge on any atom is 0.407 e. The first-order chi connectivity index (χ1) is 29.1. The fourth-order valence-corrected chi connectivity index (χ4v) is 7.47. The lowest BCUT2D eigenvalue weighted by atomic mass is 9.98. The van der Waals surface area contributed by atoms with Gasteiger partial charge in [0.2, 0.25) is 5.91 Å². The van der Waals surface area contributed by atoms with Crippen LogP contribution < -0.4 is 16.0 Å². The van der Waals surface area contributed by atoms with E-state index in [2.05, 4.69) is 90.2 Å². The number of carbonyl (C=O) groups is 4. The summed E-state index contributed by atoms with van der Waals surface area (Å²) in [6.45, 7) is 4.04. The second-order valence-electron chi connectivity index (χ2n) is 14.7. The van der Waals surface area contributed by atoms with E-state index in [1.54, 1.807) is 31.1 Å². The number of alkyl carbamates (subject to hydrolysis) is 2. The number of carbonyl (C=O) groups excluding carboxylic acids is 4. The van der Waals surface area contributed by atoms with E-state index in [9.17, 15) is 19.2 Å². The van der Waals surface area contributed by atoms with Crippen LogP contribution in [0.4, 0.5) is 9.59 Å². The van der Waals surface area contributed by atoms with Gasteiger partial charge in [-0.1, -0.05) is 78.9 Å². The van der Waals surface area contributed by atoms with Gasteiger partial charge in [0, 0.05) is 19.2 Å². The number of hydrogen-bond donors (Lipinski definition) is 5. The topological polar surface area (TPSA) is 193 Å². The van der Waals surface area contributed by atoms with Crippen LogP contribution in [0, 0.1) is 0 Å². The van der Waals surface area contributed by atoms with E-state index < -0.39 is 42.3 Å². The molecule has 1 aliphatic rings. The number of fused-ring (bicyclic) bond motifs is 1. The molecule has 5 unspecified atom stereocenters. The van der Waals surface area contributed by atoms with Crippen molar-refractivity contribution in [2.75, 3.05) is 27.9 Å². The number of nitrogens with zero attached hydrogens (tertiary/aromatic N) is 3. The van der Waals surface area contributed by atoms with E-state index in [0.29, 0.717) is 23.8 Å². The fraction of sp³-hybridized carbons (Fsp3) is 0.289. The number of nitrogens with one attached hydrogen (secondary N) is 5. The largest absolute Gasteiger partial charge is 0.453 e. The maximum absolute atomic E-state index is 13.9. The van der Waals surface area contributed by atoms with Gasteiger partial charge in [-0.25, -0.2) is 19.6 Å². The molecule has 15 heteroatoms. The van der Waals surface area contributed by atoms with Crippen LogP contribution >= 0.6 is 0 Å². The molecule has 310 valence electrons. The second kappa shape index (κ2) is 18.3. The van der Waals surface area contributed by atoms with Crippen molar-refractivity contribution in [3.05, 3.63) is 121 Å². The molecule has 15 nitrogen and oxygen atoms in total. The zero-order valence-corrected chi connectivity index (χ0v) is 34.0. The van der Waals surface area contributed by atoms with Gasteiger partial charge in [-0.15, -0.1) is 0 Å². The Morgan fingerprint density at radius 1 is 0.717 bits per heavy atom. The van der Waals surface area contributed by atoms with Crippen molar-refractivity contribution in [1.82, 2.24) is 40.8 Å². The molecular weight excluding hydrogens is 765 g/mol. The molecule has 4 aromatic carbocycles. The van der Waals surface area contributed by atoms with Crippen molar-refractivity contribution in [3.8, 4) is 33.6 Å². The van der Waals surface area contributed by atoms with E-state index in [-0.39, 0.29) is 11.9 Å². The van der Waals surface area contributed by atoms with Gasteiger partial charge in [-0.3, -0.25) is 9.59 Å².